The first kappa shape index (κ1) is 10.6. The Balaban J connectivity index is 2.29. The lowest BCUT2D eigenvalue weighted by Gasteiger charge is -2.15. The number of nitrogens with one attached hydrogen (secondary N) is 1. The summed E-state index contributed by atoms with van der Waals surface area (Å²) in [6.45, 7) is 6.45. The average Bonchev–Trinajstić information content (AvgIpc) is 2.52. The molecule has 0 unspecified atom stereocenters. The Labute approximate surface area is 81.1 Å². The van der Waals surface area contributed by atoms with Crippen LogP contribution in [0.4, 0.5) is 0 Å². The number of rotatable bonds is 3. The predicted octanol–water partition coefficient (Wildman–Crippen LogP) is 2.34. The lowest BCUT2D eigenvalue weighted by molar-refractivity contribution is -0.121. The Morgan fingerprint density at radius 2 is 2.15 bits per heavy atom. The van der Waals surface area contributed by atoms with Crippen LogP contribution in [0.5, 0.6) is 0 Å². The van der Waals surface area contributed by atoms with E-state index in [4.69, 9.17) is 0 Å². The molecule has 1 rings (SSSR count). The molecule has 2 nitrogen and oxygen atoms in total. The normalized spacial score (nSPS) is 28.0. The van der Waals surface area contributed by atoms with Crippen molar-refractivity contribution in [3.05, 3.63) is 0 Å². The van der Waals surface area contributed by atoms with Crippen molar-refractivity contribution in [1.82, 2.24) is 5.32 Å². The molecule has 0 aliphatic heterocycles. The van der Waals surface area contributed by atoms with Crippen molar-refractivity contribution in [3.63, 3.8) is 0 Å². The largest absolute Gasteiger partial charge is 0.353 e. The van der Waals surface area contributed by atoms with Crippen LogP contribution in [0.3, 0.4) is 0 Å². The van der Waals surface area contributed by atoms with Crippen LogP contribution >= 0.6 is 0 Å². The van der Waals surface area contributed by atoms with Gasteiger partial charge in [-0.05, 0) is 31.1 Å². The van der Waals surface area contributed by atoms with E-state index in [9.17, 15) is 4.79 Å². The molecule has 0 heterocycles. The zero-order chi connectivity index (χ0) is 9.84. The summed E-state index contributed by atoms with van der Waals surface area (Å²) in [5, 5.41) is 3.07. The van der Waals surface area contributed by atoms with Crippen molar-refractivity contribution >= 4 is 5.91 Å². The summed E-state index contributed by atoms with van der Waals surface area (Å²) < 4.78 is 0. The summed E-state index contributed by atoms with van der Waals surface area (Å²) in [5.74, 6) is 1.79. The average molecular weight is 183 g/mol. The van der Waals surface area contributed by atoms with Gasteiger partial charge >= 0.3 is 0 Å². The third-order valence-electron chi connectivity index (χ3n) is 3.10. The molecule has 0 aromatic carbocycles. The molecular weight excluding hydrogens is 162 g/mol. The maximum atomic E-state index is 11.1. The third-order valence-corrected chi connectivity index (χ3v) is 3.10. The maximum absolute atomic E-state index is 11.1. The maximum Gasteiger partial charge on any atom is 0.219 e. The molecule has 13 heavy (non-hydrogen) atoms. The minimum Gasteiger partial charge on any atom is -0.353 e. The first-order chi connectivity index (χ1) is 6.13. The van der Waals surface area contributed by atoms with Crippen LogP contribution in [0.1, 0.15) is 46.5 Å². The van der Waals surface area contributed by atoms with Gasteiger partial charge in [0, 0.05) is 12.5 Å². The molecule has 0 spiro atoms. The van der Waals surface area contributed by atoms with Crippen molar-refractivity contribution in [2.45, 2.75) is 52.5 Å². The number of carbonyl (C=O) groups excluding carboxylic acids is 1. The molecule has 0 radical (unpaired) electrons. The van der Waals surface area contributed by atoms with E-state index in [0.29, 0.717) is 12.5 Å². The van der Waals surface area contributed by atoms with E-state index >= 15 is 0 Å². The molecule has 0 bridgehead atoms. The number of hydrogen-bond acceptors (Lipinski definition) is 1. The zero-order valence-electron chi connectivity index (χ0n) is 8.97. The molecule has 1 N–H and O–H groups in total. The molecule has 2 atom stereocenters. The molecular formula is C11H21NO. The Hall–Kier alpha value is -0.530. The summed E-state index contributed by atoms with van der Waals surface area (Å²) >= 11 is 0. The van der Waals surface area contributed by atoms with E-state index in [0.717, 1.165) is 11.8 Å². The van der Waals surface area contributed by atoms with Crippen molar-refractivity contribution in [1.29, 1.82) is 0 Å². The first-order valence-electron chi connectivity index (χ1n) is 5.42. The molecule has 1 aliphatic rings. The van der Waals surface area contributed by atoms with E-state index in [-0.39, 0.29) is 5.91 Å². The summed E-state index contributed by atoms with van der Waals surface area (Å²) in [5.41, 5.74) is 0. The Bertz CT molecular complexity index is 177. The summed E-state index contributed by atoms with van der Waals surface area (Å²) in [6, 6.07) is 0.458. The van der Waals surface area contributed by atoms with Gasteiger partial charge in [0.15, 0.2) is 0 Å². The second kappa shape index (κ2) is 4.64. The zero-order valence-corrected chi connectivity index (χ0v) is 8.97. The van der Waals surface area contributed by atoms with Gasteiger partial charge in [0.25, 0.3) is 0 Å². The third kappa shape index (κ3) is 3.02. The lowest BCUT2D eigenvalue weighted by Crippen LogP contribution is -2.32. The number of amides is 1. The SMILES string of the molecule is CCC(=O)N[C@@H]1CC[C@H](C(C)C)C1. The molecule has 76 valence electrons. The van der Waals surface area contributed by atoms with E-state index in [1.54, 1.807) is 0 Å². The van der Waals surface area contributed by atoms with Gasteiger partial charge in [-0.15, -0.1) is 0 Å². The number of carbonyl (C=O) groups is 1. The first-order valence-corrected chi connectivity index (χ1v) is 5.42. The highest BCUT2D eigenvalue weighted by Crippen LogP contribution is 2.31. The topological polar surface area (TPSA) is 29.1 Å². The quantitative estimate of drug-likeness (QED) is 0.715. The van der Waals surface area contributed by atoms with E-state index in [2.05, 4.69) is 19.2 Å². The van der Waals surface area contributed by atoms with Crippen molar-refractivity contribution in [3.8, 4) is 0 Å². The molecule has 0 aromatic heterocycles. The monoisotopic (exact) mass is 183 g/mol. The van der Waals surface area contributed by atoms with Crippen LogP contribution in [-0.2, 0) is 4.79 Å². The molecule has 0 aromatic rings. The van der Waals surface area contributed by atoms with Crippen LogP contribution in [0.25, 0.3) is 0 Å². The minimum absolute atomic E-state index is 0.203. The van der Waals surface area contributed by atoms with Crippen LogP contribution in [0, 0.1) is 11.8 Å². The second-order valence-corrected chi connectivity index (χ2v) is 4.44. The molecule has 1 fully saturated rings. The smallest absolute Gasteiger partial charge is 0.219 e. The summed E-state index contributed by atoms with van der Waals surface area (Å²) in [7, 11) is 0. The van der Waals surface area contributed by atoms with Crippen molar-refractivity contribution < 1.29 is 4.79 Å². The van der Waals surface area contributed by atoms with Crippen molar-refractivity contribution in [2.75, 3.05) is 0 Å². The van der Waals surface area contributed by atoms with Crippen LogP contribution in [-0.4, -0.2) is 11.9 Å². The predicted molar refractivity (Wildman–Crippen MR) is 54.4 cm³/mol. The van der Waals surface area contributed by atoms with Gasteiger partial charge in [0.05, 0.1) is 0 Å². The molecule has 2 heteroatoms. The minimum atomic E-state index is 0.203. The highest BCUT2D eigenvalue weighted by atomic mass is 16.1. The van der Waals surface area contributed by atoms with Gasteiger partial charge in [0.1, 0.15) is 0 Å². The Morgan fingerprint density at radius 1 is 1.46 bits per heavy atom. The van der Waals surface area contributed by atoms with Gasteiger partial charge in [0.2, 0.25) is 5.91 Å². The van der Waals surface area contributed by atoms with Gasteiger partial charge in [-0.25, -0.2) is 0 Å². The fourth-order valence-corrected chi connectivity index (χ4v) is 2.08. The van der Waals surface area contributed by atoms with Gasteiger partial charge < -0.3 is 5.32 Å². The highest BCUT2D eigenvalue weighted by Gasteiger charge is 2.27. The second-order valence-electron chi connectivity index (χ2n) is 4.44. The molecule has 1 amide bonds. The fourth-order valence-electron chi connectivity index (χ4n) is 2.08. The number of hydrogen-bond donors (Lipinski definition) is 1. The van der Waals surface area contributed by atoms with Crippen molar-refractivity contribution in [2.24, 2.45) is 11.8 Å². The lowest BCUT2D eigenvalue weighted by atomic mass is 9.94. The standard InChI is InChI=1S/C11H21NO/c1-4-11(13)12-10-6-5-9(7-10)8(2)3/h8-10H,4-7H2,1-3H3,(H,12,13)/t9-,10+/m0/s1. The highest BCUT2D eigenvalue weighted by molar-refractivity contribution is 5.75. The van der Waals surface area contributed by atoms with Gasteiger partial charge in [-0.1, -0.05) is 20.8 Å². The van der Waals surface area contributed by atoms with Gasteiger partial charge in [-0.2, -0.15) is 0 Å². The van der Waals surface area contributed by atoms with Gasteiger partial charge in [-0.3, -0.25) is 4.79 Å². The molecule has 1 aliphatic carbocycles. The van der Waals surface area contributed by atoms with E-state index in [1.807, 2.05) is 6.92 Å². The summed E-state index contributed by atoms with van der Waals surface area (Å²) in [6.07, 6.45) is 4.26. The van der Waals surface area contributed by atoms with Crippen LogP contribution in [0.2, 0.25) is 0 Å². The summed E-state index contributed by atoms with van der Waals surface area (Å²) in [4.78, 5) is 11.1. The fraction of sp³-hybridized carbons (Fsp3) is 0.909. The van der Waals surface area contributed by atoms with E-state index in [1.165, 1.54) is 19.3 Å². The molecule has 0 saturated heterocycles. The Kier molecular flexibility index (Phi) is 3.76. The molecule has 1 saturated carbocycles. The van der Waals surface area contributed by atoms with E-state index < -0.39 is 0 Å². The Morgan fingerprint density at radius 3 is 2.62 bits per heavy atom. The van der Waals surface area contributed by atoms with Crippen LogP contribution in [0.15, 0.2) is 0 Å². The van der Waals surface area contributed by atoms with Crippen LogP contribution < -0.4 is 5.32 Å².